The highest BCUT2D eigenvalue weighted by molar-refractivity contribution is 6.36. The predicted octanol–water partition coefficient (Wildman–Crippen LogP) is 12.6. The Labute approximate surface area is 436 Å². The smallest absolute Gasteiger partial charge is 0.252 e. The van der Waals surface area contributed by atoms with Gasteiger partial charge in [0.25, 0.3) is 11.1 Å². The van der Waals surface area contributed by atoms with Gasteiger partial charge in [0.05, 0.1) is 83.6 Å². The van der Waals surface area contributed by atoms with Gasteiger partial charge in [0, 0.05) is 98.8 Å². The summed E-state index contributed by atoms with van der Waals surface area (Å²) < 4.78 is 17.7. The summed E-state index contributed by atoms with van der Waals surface area (Å²) in [7, 11) is 6.73. The molecule has 0 atom stereocenters. The topological polar surface area (TPSA) is 136 Å². The number of nitrogens with zero attached hydrogens (tertiary/aromatic N) is 9. The molecule has 0 aliphatic heterocycles. The minimum atomic E-state index is -0.121. The van der Waals surface area contributed by atoms with Crippen LogP contribution in [0.25, 0.3) is 65.1 Å². The third-order valence-corrected chi connectivity index (χ3v) is 13.8. The van der Waals surface area contributed by atoms with Crippen LogP contribution in [0.3, 0.4) is 0 Å². The second-order valence-corrected chi connectivity index (χ2v) is 18.4. The largest absolute Gasteiger partial charge is 0.497 e. The van der Waals surface area contributed by atoms with E-state index < -0.39 is 0 Å². The Bertz CT molecular complexity index is 3940. The number of pyridine rings is 4. The first-order valence-corrected chi connectivity index (χ1v) is 23.9. The molecule has 368 valence electrons. The molecule has 4 aromatic carbocycles. The van der Waals surface area contributed by atoms with E-state index in [0.29, 0.717) is 45.8 Å². The van der Waals surface area contributed by atoms with E-state index in [-0.39, 0.29) is 11.1 Å². The molecule has 2 N–H and O–H groups in total. The Balaban J connectivity index is 0.000000205. The summed E-state index contributed by atoms with van der Waals surface area (Å²) in [5, 5.41) is 2.62. The zero-order valence-electron chi connectivity index (χ0n) is 41.3. The first-order valence-electron chi connectivity index (χ1n) is 23.1. The van der Waals surface area contributed by atoms with Gasteiger partial charge in [-0.3, -0.25) is 19.6 Å². The van der Waals surface area contributed by atoms with Crippen LogP contribution in [-0.2, 0) is 27.2 Å². The number of ether oxygens (including phenoxy) is 2. The molecule has 10 rings (SSSR count). The van der Waals surface area contributed by atoms with Crippen LogP contribution in [0.2, 0.25) is 10.0 Å². The standard InChI is InChI=1S/C37H32ClN5O3.C21H16ClN5O/c1-24-16-34-30(18-33(24)39-2)32(23-43(34)27-14-15-41(3)36(44)17-27)31-19-40-20-35(37(31)38)42(21-25-6-10-28(45-4)11-7-25)22-26-8-12-29(46-5)13-9-26;1-12-6-19-14(8-18(12)24-2)16(15-9-25-10-17(23)21(15)22)11-27(19)13-4-5-26(3)20(28)7-13/h6-20,23H,21-22H2,1,3-5H3;4-11H,23H2,1,3H3. The third kappa shape index (κ3) is 9.80. The number of nitrogen functional groups attached to an aromatic ring is 1. The average Bonchev–Trinajstić information content (AvgIpc) is 3.96. The number of fused-ring (bicyclic) bond motifs is 2. The summed E-state index contributed by atoms with van der Waals surface area (Å²) in [5.41, 5.74) is 18.0. The van der Waals surface area contributed by atoms with Crippen molar-refractivity contribution in [1.29, 1.82) is 0 Å². The van der Waals surface area contributed by atoms with Crippen LogP contribution in [0.15, 0.2) is 156 Å². The Morgan fingerprint density at radius 1 is 0.595 bits per heavy atom. The number of aromatic nitrogens is 6. The number of benzene rings is 4. The van der Waals surface area contributed by atoms with Crippen molar-refractivity contribution >= 4 is 67.8 Å². The van der Waals surface area contributed by atoms with Crippen molar-refractivity contribution in [3.8, 4) is 45.1 Å². The molecule has 0 unspecified atom stereocenters. The molecule has 0 saturated heterocycles. The molecule has 6 aromatic heterocycles. The summed E-state index contributed by atoms with van der Waals surface area (Å²) in [5.74, 6) is 1.57. The van der Waals surface area contributed by atoms with Crippen molar-refractivity contribution < 1.29 is 9.47 Å². The molecule has 16 heteroatoms. The number of nitrogens with two attached hydrogens (primary N) is 1. The van der Waals surface area contributed by atoms with E-state index in [1.54, 1.807) is 71.4 Å². The third-order valence-electron chi connectivity index (χ3n) is 13.0. The van der Waals surface area contributed by atoms with Crippen molar-refractivity contribution in [2.45, 2.75) is 26.9 Å². The summed E-state index contributed by atoms with van der Waals surface area (Å²) in [6.07, 6.45) is 14.0. The second kappa shape index (κ2) is 20.9. The van der Waals surface area contributed by atoms with Gasteiger partial charge in [0.15, 0.2) is 11.4 Å². The lowest BCUT2D eigenvalue weighted by atomic mass is 10.0. The van der Waals surface area contributed by atoms with Gasteiger partial charge in [-0.25, -0.2) is 9.69 Å². The number of rotatable bonds is 11. The van der Waals surface area contributed by atoms with Gasteiger partial charge in [-0.1, -0.05) is 47.5 Å². The van der Waals surface area contributed by atoms with Crippen LogP contribution in [0.5, 0.6) is 11.5 Å². The number of anilines is 2. The fraction of sp³-hybridized carbons (Fsp3) is 0.138. The van der Waals surface area contributed by atoms with Crippen molar-refractivity contribution in [3.05, 3.63) is 222 Å². The van der Waals surface area contributed by atoms with Crippen molar-refractivity contribution in [2.24, 2.45) is 14.1 Å². The van der Waals surface area contributed by atoms with E-state index in [2.05, 4.69) is 24.6 Å². The van der Waals surface area contributed by atoms with Crippen LogP contribution in [0, 0.1) is 27.0 Å². The minimum Gasteiger partial charge on any atom is -0.497 e. The van der Waals surface area contributed by atoms with Gasteiger partial charge in [0.1, 0.15) is 11.5 Å². The Kier molecular flexibility index (Phi) is 14.1. The summed E-state index contributed by atoms with van der Waals surface area (Å²) in [4.78, 5) is 43.2. The second-order valence-electron chi connectivity index (χ2n) is 17.7. The van der Waals surface area contributed by atoms with E-state index in [4.69, 9.17) is 51.6 Å². The zero-order chi connectivity index (χ0) is 52.4. The molecular weight excluding hydrogens is 972 g/mol. The fourth-order valence-electron chi connectivity index (χ4n) is 8.82. The highest BCUT2D eigenvalue weighted by Gasteiger charge is 2.22. The van der Waals surface area contributed by atoms with Crippen molar-refractivity contribution in [1.82, 2.24) is 28.2 Å². The molecule has 14 nitrogen and oxygen atoms in total. The van der Waals surface area contributed by atoms with Gasteiger partial charge in [-0.15, -0.1) is 0 Å². The SMILES string of the molecule is [C-]#[N+]c1cc2c(-c3cncc(N(Cc4ccc(OC)cc4)Cc4ccc(OC)cc4)c3Cl)cn(-c3ccn(C)c(=O)c3)c2cc1C.[C-]#[N+]c1cc2c(-c3cncc(N)c3Cl)cn(-c3ccn(C)c(=O)c3)c2cc1C. The van der Waals surface area contributed by atoms with E-state index >= 15 is 0 Å². The molecule has 0 spiro atoms. The molecular formula is C58H48Cl2N10O4. The summed E-state index contributed by atoms with van der Waals surface area (Å²) >= 11 is 13.8. The quantitative estimate of drug-likeness (QED) is 0.127. The molecule has 10 aromatic rings. The maximum Gasteiger partial charge on any atom is 0.252 e. The van der Waals surface area contributed by atoms with Gasteiger partial charge in [-0.2, -0.15) is 0 Å². The molecule has 0 radical (unpaired) electrons. The van der Waals surface area contributed by atoms with E-state index in [0.717, 1.165) is 89.3 Å². The predicted molar refractivity (Wildman–Crippen MR) is 296 cm³/mol. The summed E-state index contributed by atoms with van der Waals surface area (Å²) in [6.45, 7) is 20.2. The Hall–Kier alpha value is -9.08. The Morgan fingerprint density at radius 3 is 1.45 bits per heavy atom. The van der Waals surface area contributed by atoms with Gasteiger partial charge in [0.2, 0.25) is 0 Å². The minimum absolute atomic E-state index is 0.112. The molecule has 0 aliphatic carbocycles. The first-order chi connectivity index (χ1) is 35.7. The lowest BCUT2D eigenvalue weighted by Crippen LogP contribution is -2.22. The lowest BCUT2D eigenvalue weighted by molar-refractivity contribution is 0.414. The van der Waals surface area contributed by atoms with Crippen molar-refractivity contribution in [3.63, 3.8) is 0 Å². The maximum absolute atomic E-state index is 12.6. The normalized spacial score (nSPS) is 10.9. The van der Waals surface area contributed by atoms with Gasteiger partial charge in [-0.05, 0) is 108 Å². The van der Waals surface area contributed by atoms with Crippen LogP contribution >= 0.6 is 23.2 Å². The fourth-order valence-corrected chi connectivity index (χ4v) is 9.34. The molecule has 0 amide bonds. The number of halogens is 2. The molecule has 0 bridgehead atoms. The molecule has 74 heavy (non-hydrogen) atoms. The van der Waals surface area contributed by atoms with Crippen LogP contribution in [0.1, 0.15) is 22.3 Å². The zero-order valence-corrected chi connectivity index (χ0v) is 42.8. The highest BCUT2D eigenvalue weighted by atomic mass is 35.5. The summed E-state index contributed by atoms with van der Waals surface area (Å²) in [6, 6.07) is 30.5. The molecule has 0 fully saturated rings. The molecule has 6 heterocycles. The Morgan fingerprint density at radius 2 is 1.03 bits per heavy atom. The average molecular weight is 1020 g/mol. The van der Waals surface area contributed by atoms with Crippen LogP contribution < -0.4 is 31.2 Å². The first kappa shape index (κ1) is 49.9. The number of hydrogen-bond donors (Lipinski definition) is 1. The van der Waals surface area contributed by atoms with E-state index in [1.807, 2.05) is 120 Å². The van der Waals surface area contributed by atoms with Crippen LogP contribution in [0.4, 0.5) is 22.7 Å². The maximum atomic E-state index is 12.6. The number of aryl methyl sites for hydroxylation is 4. The monoisotopic (exact) mass is 1020 g/mol. The number of methoxy groups -OCH3 is 2. The lowest BCUT2D eigenvalue weighted by Gasteiger charge is -2.27. The molecule has 0 saturated carbocycles. The van der Waals surface area contributed by atoms with Gasteiger partial charge < -0.3 is 38.4 Å². The number of hydrogen-bond acceptors (Lipinski definition) is 8. The van der Waals surface area contributed by atoms with Crippen LogP contribution in [-0.4, -0.2) is 42.5 Å². The van der Waals surface area contributed by atoms with Crippen molar-refractivity contribution in [2.75, 3.05) is 24.9 Å². The highest BCUT2D eigenvalue weighted by Crippen LogP contribution is 2.43. The van der Waals surface area contributed by atoms with E-state index in [9.17, 15) is 9.59 Å². The molecule has 0 aliphatic rings. The van der Waals surface area contributed by atoms with E-state index in [1.165, 1.54) is 15.3 Å². The van der Waals surface area contributed by atoms with Gasteiger partial charge >= 0.3 is 0 Å².